The van der Waals surface area contributed by atoms with Crippen LogP contribution in [0.25, 0.3) is 0 Å². The molecule has 1 aliphatic rings. The van der Waals surface area contributed by atoms with Gasteiger partial charge in [-0.2, -0.15) is 0 Å². The predicted molar refractivity (Wildman–Crippen MR) is 56.4 cm³/mol. The molecule has 1 N–H and O–H groups in total. The van der Waals surface area contributed by atoms with Gasteiger partial charge >= 0.3 is 0 Å². The lowest BCUT2D eigenvalue weighted by molar-refractivity contribution is 0.299. The number of thioether (sulfide) groups is 1. The van der Waals surface area contributed by atoms with Crippen LogP contribution in [0.5, 0.6) is 0 Å². The molecular formula is C11H14OS. The Morgan fingerprint density at radius 3 is 3.15 bits per heavy atom. The van der Waals surface area contributed by atoms with Gasteiger partial charge in [-0.05, 0) is 23.5 Å². The maximum Gasteiger partial charge on any atom is 0.0471 e. The quantitative estimate of drug-likeness (QED) is 0.780. The van der Waals surface area contributed by atoms with Crippen LogP contribution < -0.4 is 0 Å². The average molecular weight is 194 g/mol. The van der Waals surface area contributed by atoms with Gasteiger partial charge in [0.2, 0.25) is 0 Å². The Balaban J connectivity index is 2.38. The summed E-state index contributed by atoms with van der Waals surface area (Å²) >= 11 is 1.93. The Labute approximate surface area is 83.2 Å². The highest BCUT2D eigenvalue weighted by molar-refractivity contribution is 7.99. The first kappa shape index (κ1) is 9.10. The van der Waals surface area contributed by atoms with Gasteiger partial charge in [-0.3, -0.25) is 0 Å². The van der Waals surface area contributed by atoms with Gasteiger partial charge < -0.3 is 5.11 Å². The summed E-state index contributed by atoms with van der Waals surface area (Å²) in [5.41, 5.74) is 2.78. The fraction of sp³-hybridized carbons (Fsp3) is 0.455. The molecule has 0 amide bonds. The summed E-state index contributed by atoms with van der Waals surface area (Å²) in [7, 11) is 0. The summed E-state index contributed by atoms with van der Waals surface area (Å²) in [6, 6.07) is 6.44. The largest absolute Gasteiger partial charge is 0.396 e. The Morgan fingerprint density at radius 2 is 2.38 bits per heavy atom. The van der Waals surface area contributed by atoms with Crippen LogP contribution in [-0.4, -0.2) is 17.5 Å². The highest BCUT2D eigenvalue weighted by Gasteiger charge is 2.20. The van der Waals surface area contributed by atoms with Crippen molar-refractivity contribution in [2.45, 2.75) is 24.2 Å². The van der Waals surface area contributed by atoms with Gasteiger partial charge in [-0.1, -0.05) is 25.1 Å². The summed E-state index contributed by atoms with van der Waals surface area (Å²) in [5, 5.41) is 8.91. The van der Waals surface area contributed by atoms with Gasteiger partial charge in [-0.25, -0.2) is 0 Å². The molecule has 70 valence electrons. The highest BCUT2D eigenvalue weighted by Crippen LogP contribution is 2.41. The van der Waals surface area contributed by atoms with Crippen molar-refractivity contribution in [2.75, 3.05) is 12.4 Å². The zero-order valence-electron chi connectivity index (χ0n) is 7.79. The number of aliphatic hydroxyl groups excluding tert-OH is 1. The van der Waals surface area contributed by atoms with Crippen molar-refractivity contribution < 1.29 is 5.11 Å². The topological polar surface area (TPSA) is 20.2 Å². The fourth-order valence-corrected chi connectivity index (χ4v) is 3.17. The third kappa shape index (κ3) is 1.61. The molecule has 0 saturated heterocycles. The lowest BCUT2D eigenvalue weighted by Gasteiger charge is -2.06. The Hall–Kier alpha value is -0.470. The van der Waals surface area contributed by atoms with E-state index >= 15 is 0 Å². The van der Waals surface area contributed by atoms with E-state index in [1.165, 1.54) is 21.8 Å². The van der Waals surface area contributed by atoms with Gasteiger partial charge in [0.1, 0.15) is 0 Å². The molecule has 1 nitrogen and oxygen atoms in total. The van der Waals surface area contributed by atoms with Crippen LogP contribution in [0.2, 0.25) is 0 Å². The molecule has 1 aromatic rings. The van der Waals surface area contributed by atoms with Gasteiger partial charge in [0.15, 0.2) is 0 Å². The molecule has 1 atom stereocenters. The molecule has 1 unspecified atom stereocenters. The van der Waals surface area contributed by atoms with Crippen molar-refractivity contribution in [2.24, 2.45) is 0 Å². The van der Waals surface area contributed by atoms with Crippen molar-refractivity contribution in [3.63, 3.8) is 0 Å². The van der Waals surface area contributed by atoms with E-state index in [4.69, 9.17) is 5.11 Å². The molecule has 0 saturated carbocycles. The van der Waals surface area contributed by atoms with E-state index in [1.54, 1.807) is 0 Å². The minimum Gasteiger partial charge on any atom is -0.396 e. The zero-order chi connectivity index (χ0) is 9.26. The number of rotatable bonds is 2. The van der Waals surface area contributed by atoms with E-state index in [-0.39, 0.29) is 6.61 Å². The van der Waals surface area contributed by atoms with E-state index in [2.05, 4.69) is 25.1 Å². The molecule has 1 aromatic carbocycles. The molecule has 0 aromatic heterocycles. The third-order valence-electron chi connectivity index (χ3n) is 2.52. The van der Waals surface area contributed by atoms with Crippen LogP contribution in [0, 0.1) is 0 Å². The predicted octanol–water partition coefficient (Wildman–Crippen LogP) is 2.43. The van der Waals surface area contributed by atoms with Crippen molar-refractivity contribution in [3.05, 3.63) is 29.3 Å². The van der Waals surface area contributed by atoms with Gasteiger partial charge in [0, 0.05) is 17.3 Å². The number of aliphatic hydroxyl groups is 1. The minimum absolute atomic E-state index is 0.255. The highest BCUT2D eigenvalue weighted by atomic mass is 32.2. The number of benzene rings is 1. The molecule has 0 fully saturated rings. The van der Waals surface area contributed by atoms with E-state index in [0.29, 0.717) is 5.92 Å². The van der Waals surface area contributed by atoms with E-state index in [0.717, 1.165) is 6.42 Å². The first-order valence-corrected chi connectivity index (χ1v) is 5.67. The summed E-state index contributed by atoms with van der Waals surface area (Å²) in [4.78, 5) is 1.42. The smallest absolute Gasteiger partial charge is 0.0471 e. The fourth-order valence-electron chi connectivity index (χ4n) is 1.78. The van der Waals surface area contributed by atoms with Crippen molar-refractivity contribution in [1.29, 1.82) is 0 Å². The maximum atomic E-state index is 8.91. The standard InChI is InChI=1S/C11H14OS/c1-8-7-13-11-9(5-6-12)3-2-4-10(8)11/h2-4,8,12H,5-7H2,1H3. The van der Waals surface area contributed by atoms with Crippen LogP contribution in [0.15, 0.2) is 23.1 Å². The maximum absolute atomic E-state index is 8.91. The lowest BCUT2D eigenvalue weighted by atomic mass is 10.00. The third-order valence-corrected chi connectivity index (χ3v) is 3.97. The second kappa shape index (κ2) is 3.72. The van der Waals surface area contributed by atoms with Crippen LogP contribution in [0.4, 0.5) is 0 Å². The molecule has 0 aliphatic carbocycles. The number of hydrogen-bond acceptors (Lipinski definition) is 2. The second-order valence-electron chi connectivity index (χ2n) is 3.52. The Bertz CT molecular complexity index is 309. The molecule has 0 bridgehead atoms. The summed E-state index contributed by atoms with van der Waals surface area (Å²) in [6.45, 7) is 2.52. The first-order valence-electron chi connectivity index (χ1n) is 4.68. The number of hydrogen-bond donors (Lipinski definition) is 1. The van der Waals surface area contributed by atoms with Gasteiger partial charge in [-0.15, -0.1) is 11.8 Å². The van der Waals surface area contributed by atoms with Gasteiger partial charge in [0.25, 0.3) is 0 Å². The molecule has 13 heavy (non-hydrogen) atoms. The SMILES string of the molecule is CC1CSc2c(CCO)cccc21. The van der Waals surface area contributed by atoms with E-state index in [9.17, 15) is 0 Å². The minimum atomic E-state index is 0.255. The van der Waals surface area contributed by atoms with Crippen molar-refractivity contribution >= 4 is 11.8 Å². The second-order valence-corrected chi connectivity index (χ2v) is 4.55. The van der Waals surface area contributed by atoms with Crippen LogP contribution in [0.3, 0.4) is 0 Å². The first-order chi connectivity index (χ1) is 6.33. The van der Waals surface area contributed by atoms with Crippen LogP contribution in [0.1, 0.15) is 24.0 Å². The average Bonchev–Trinajstić information content (AvgIpc) is 2.50. The van der Waals surface area contributed by atoms with Crippen molar-refractivity contribution in [1.82, 2.24) is 0 Å². The molecule has 2 rings (SSSR count). The summed E-state index contributed by atoms with van der Waals surface area (Å²) in [5.74, 6) is 1.87. The summed E-state index contributed by atoms with van der Waals surface area (Å²) in [6.07, 6.45) is 0.795. The summed E-state index contributed by atoms with van der Waals surface area (Å²) < 4.78 is 0. The normalized spacial score (nSPS) is 20.3. The van der Waals surface area contributed by atoms with Crippen molar-refractivity contribution in [3.8, 4) is 0 Å². The molecule has 0 radical (unpaired) electrons. The molecule has 1 heterocycles. The Morgan fingerprint density at radius 1 is 1.54 bits per heavy atom. The van der Waals surface area contributed by atoms with Gasteiger partial charge in [0.05, 0.1) is 0 Å². The molecule has 2 heteroatoms. The van der Waals surface area contributed by atoms with E-state index in [1.807, 2.05) is 11.8 Å². The van der Waals surface area contributed by atoms with E-state index < -0.39 is 0 Å². The monoisotopic (exact) mass is 194 g/mol. The Kier molecular flexibility index (Phi) is 2.61. The molecular weight excluding hydrogens is 180 g/mol. The zero-order valence-corrected chi connectivity index (χ0v) is 8.60. The van der Waals surface area contributed by atoms with Crippen LogP contribution >= 0.6 is 11.8 Å². The lowest BCUT2D eigenvalue weighted by Crippen LogP contribution is -1.94. The molecule has 0 spiro atoms. The van der Waals surface area contributed by atoms with Crippen LogP contribution in [-0.2, 0) is 6.42 Å². The number of fused-ring (bicyclic) bond motifs is 1. The molecule has 1 aliphatic heterocycles.